The van der Waals surface area contributed by atoms with E-state index in [-0.39, 0.29) is 11.9 Å². The van der Waals surface area contributed by atoms with Crippen LogP contribution in [0.5, 0.6) is 23.0 Å². The summed E-state index contributed by atoms with van der Waals surface area (Å²) >= 11 is 0. The molecule has 0 radical (unpaired) electrons. The van der Waals surface area contributed by atoms with Gasteiger partial charge in [0.05, 0.1) is 32.6 Å². The van der Waals surface area contributed by atoms with Gasteiger partial charge < -0.3 is 18.9 Å². The number of hydrogen-bond donors (Lipinski definition) is 0. The molecule has 33 heavy (non-hydrogen) atoms. The molecule has 0 unspecified atom stereocenters. The third kappa shape index (κ3) is 3.73. The van der Waals surface area contributed by atoms with E-state index in [0.29, 0.717) is 30.3 Å². The van der Waals surface area contributed by atoms with Gasteiger partial charge in [-0.3, -0.25) is 0 Å². The zero-order chi connectivity index (χ0) is 22.9. The summed E-state index contributed by atoms with van der Waals surface area (Å²) in [7, 11) is 3.21. The Morgan fingerprint density at radius 3 is 2.52 bits per heavy atom. The molecule has 2 atom stereocenters. The van der Waals surface area contributed by atoms with Crippen molar-refractivity contribution in [1.82, 2.24) is 5.01 Å². The van der Waals surface area contributed by atoms with Crippen molar-refractivity contribution in [1.29, 1.82) is 0 Å². The highest BCUT2D eigenvalue weighted by molar-refractivity contribution is 6.02. The van der Waals surface area contributed by atoms with Gasteiger partial charge >= 0.3 is 0 Å². The van der Waals surface area contributed by atoms with Gasteiger partial charge in [0.1, 0.15) is 5.82 Å². The van der Waals surface area contributed by atoms with E-state index in [1.165, 1.54) is 12.1 Å². The Labute approximate surface area is 192 Å². The normalized spacial score (nSPS) is 18.7. The molecule has 0 fully saturated rings. The van der Waals surface area contributed by atoms with E-state index in [1.807, 2.05) is 48.3 Å². The smallest absolute Gasteiger partial charge is 0.214 e. The second kappa shape index (κ2) is 8.65. The molecule has 0 aromatic heterocycles. The minimum absolute atomic E-state index is 0.0488. The van der Waals surface area contributed by atoms with E-state index in [2.05, 4.69) is 0 Å². The predicted octanol–water partition coefficient (Wildman–Crippen LogP) is 5.48. The summed E-state index contributed by atoms with van der Waals surface area (Å²) in [6.07, 6.45) is 0.170. The third-order valence-corrected chi connectivity index (χ3v) is 5.95. The molecule has 0 bridgehead atoms. The van der Waals surface area contributed by atoms with Crippen LogP contribution in [0.3, 0.4) is 0 Å². The average molecular weight is 448 g/mol. The van der Waals surface area contributed by atoms with Gasteiger partial charge in [-0.15, -0.1) is 0 Å². The number of hydrogen-bond acceptors (Lipinski definition) is 6. The molecule has 5 rings (SSSR count). The summed E-state index contributed by atoms with van der Waals surface area (Å²) in [5.41, 5.74) is 3.65. The molecule has 0 spiro atoms. The van der Waals surface area contributed by atoms with Crippen LogP contribution >= 0.6 is 0 Å². The van der Waals surface area contributed by atoms with E-state index >= 15 is 0 Å². The van der Waals surface area contributed by atoms with Gasteiger partial charge in [0.25, 0.3) is 0 Å². The molecule has 0 saturated carbocycles. The number of hydrazone groups is 1. The van der Waals surface area contributed by atoms with E-state index in [0.717, 1.165) is 28.2 Å². The van der Waals surface area contributed by atoms with E-state index in [4.69, 9.17) is 24.0 Å². The van der Waals surface area contributed by atoms with E-state index in [9.17, 15) is 4.39 Å². The minimum atomic E-state index is -0.498. The van der Waals surface area contributed by atoms with Gasteiger partial charge in [0.15, 0.2) is 23.0 Å². The molecule has 0 saturated heterocycles. The molecular formula is C26H25FN2O4. The van der Waals surface area contributed by atoms with Crippen LogP contribution in [0, 0.1) is 5.82 Å². The Balaban J connectivity index is 1.61. The number of fused-ring (bicyclic) bond motifs is 3. The van der Waals surface area contributed by atoms with Gasteiger partial charge in [-0.25, -0.2) is 9.40 Å². The second-order valence-electron chi connectivity index (χ2n) is 7.85. The summed E-state index contributed by atoms with van der Waals surface area (Å²) in [6, 6.07) is 18.0. The quantitative estimate of drug-likeness (QED) is 0.500. The Morgan fingerprint density at radius 2 is 1.79 bits per heavy atom. The minimum Gasteiger partial charge on any atom is -0.493 e. The van der Waals surface area contributed by atoms with Crippen LogP contribution in [0.1, 0.15) is 42.3 Å². The molecule has 170 valence electrons. The van der Waals surface area contributed by atoms with Gasteiger partial charge in [0, 0.05) is 17.5 Å². The highest BCUT2D eigenvalue weighted by Gasteiger charge is 2.42. The van der Waals surface area contributed by atoms with Crippen molar-refractivity contribution in [3.05, 3.63) is 83.2 Å². The summed E-state index contributed by atoms with van der Waals surface area (Å²) in [4.78, 5) is 0. The SMILES string of the molecule is CCOc1cccc2c1O[C@@H](c1ccc(OC)c(OC)c1)N1N=C(c3ccc(F)cc3)C[C@@H]21. The molecule has 0 aliphatic carbocycles. The van der Waals surface area contributed by atoms with Crippen LogP contribution in [0.2, 0.25) is 0 Å². The monoisotopic (exact) mass is 448 g/mol. The average Bonchev–Trinajstić information content (AvgIpc) is 3.30. The van der Waals surface area contributed by atoms with Gasteiger partial charge in [0.2, 0.25) is 6.23 Å². The summed E-state index contributed by atoms with van der Waals surface area (Å²) in [6.45, 7) is 2.48. The van der Waals surface area contributed by atoms with E-state index < -0.39 is 6.23 Å². The first-order chi connectivity index (χ1) is 16.1. The number of rotatable bonds is 6. The maximum Gasteiger partial charge on any atom is 0.214 e. The molecule has 6 nitrogen and oxygen atoms in total. The van der Waals surface area contributed by atoms with Crippen molar-refractivity contribution < 1.29 is 23.3 Å². The van der Waals surface area contributed by atoms with E-state index in [1.54, 1.807) is 26.4 Å². The highest BCUT2D eigenvalue weighted by Crippen LogP contribution is 2.51. The zero-order valence-electron chi connectivity index (χ0n) is 18.7. The Kier molecular flexibility index (Phi) is 5.54. The number of ether oxygens (including phenoxy) is 4. The summed E-state index contributed by atoms with van der Waals surface area (Å²) < 4.78 is 36.8. The molecule has 7 heteroatoms. The summed E-state index contributed by atoms with van der Waals surface area (Å²) in [5.74, 6) is 2.40. The van der Waals surface area contributed by atoms with Crippen LogP contribution in [-0.2, 0) is 0 Å². The number of benzene rings is 3. The van der Waals surface area contributed by atoms with Crippen molar-refractivity contribution in [3.63, 3.8) is 0 Å². The number of halogens is 1. The van der Waals surface area contributed by atoms with Crippen LogP contribution in [0.15, 0.2) is 65.8 Å². The van der Waals surface area contributed by atoms with Crippen molar-refractivity contribution >= 4 is 5.71 Å². The maximum absolute atomic E-state index is 13.5. The number of nitrogens with zero attached hydrogens (tertiary/aromatic N) is 2. The Bertz CT molecular complexity index is 1200. The fourth-order valence-electron chi connectivity index (χ4n) is 4.40. The molecule has 3 aromatic rings. The van der Waals surface area contributed by atoms with Crippen molar-refractivity contribution in [2.24, 2.45) is 5.10 Å². The zero-order valence-corrected chi connectivity index (χ0v) is 18.7. The first kappa shape index (κ1) is 21.1. The largest absolute Gasteiger partial charge is 0.493 e. The fourth-order valence-corrected chi connectivity index (χ4v) is 4.40. The van der Waals surface area contributed by atoms with Gasteiger partial charge in [-0.2, -0.15) is 5.10 Å². The molecule has 2 aliphatic heterocycles. The lowest BCUT2D eigenvalue weighted by atomic mass is 9.95. The lowest BCUT2D eigenvalue weighted by Gasteiger charge is -2.38. The van der Waals surface area contributed by atoms with Gasteiger partial charge in [-0.05, 0) is 48.9 Å². The van der Waals surface area contributed by atoms with Crippen LogP contribution in [-0.4, -0.2) is 31.5 Å². The third-order valence-electron chi connectivity index (χ3n) is 5.95. The lowest BCUT2D eigenvalue weighted by molar-refractivity contribution is -0.0213. The Hall–Kier alpha value is -3.74. The van der Waals surface area contributed by atoms with Crippen LogP contribution < -0.4 is 18.9 Å². The highest BCUT2D eigenvalue weighted by atomic mass is 19.1. The van der Waals surface area contributed by atoms with Crippen LogP contribution in [0.4, 0.5) is 4.39 Å². The second-order valence-corrected chi connectivity index (χ2v) is 7.85. The summed E-state index contributed by atoms with van der Waals surface area (Å²) in [5, 5.41) is 6.90. The number of methoxy groups -OCH3 is 2. The van der Waals surface area contributed by atoms with Crippen molar-refractivity contribution in [3.8, 4) is 23.0 Å². The number of para-hydroxylation sites is 1. The molecular weight excluding hydrogens is 423 g/mol. The molecule has 0 amide bonds. The lowest BCUT2D eigenvalue weighted by Crippen LogP contribution is -2.34. The maximum atomic E-state index is 13.5. The van der Waals surface area contributed by atoms with Crippen LogP contribution in [0.25, 0.3) is 0 Å². The van der Waals surface area contributed by atoms with Gasteiger partial charge in [-0.1, -0.05) is 24.3 Å². The standard InChI is InChI=1S/C26H25FN2O4/c1-4-32-23-7-5-6-19-21-15-20(16-8-11-18(27)12-9-16)28-29(21)26(33-25(19)23)17-10-13-22(30-2)24(14-17)31-3/h5-14,21,26H,4,15H2,1-3H3/t21-,26-/m0/s1. The molecule has 2 aliphatic rings. The predicted molar refractivity (Wildman–Crippen MR) is 123 cm³/mol. The molecule has 3 aromatic carbocycles. The first-order valence-corrected chi connectivity index (χ1v) is 10.9. The Morgan fingerprint density at radius 1 is 1.00 bits per heavy atom. The topological polar surface area (TPSA) is 52.5 Å². The van der Waals surface area contributed by atoms with Crippen molar-refractivity contribution in [2.45, 2.75) is 25.6 Å². The van der Waals surface area contributed by atoms with Crippen molar-refractivity contribution in [2.75, 3.05) is 20.8 Å². The first-order valence-electron chi connectivity index (χ1n) is 10.9. The fraction of sp³-hybridized carbons (Fsp3) is 0.269. The molecule has 2 heterocycles. The molecule has 0 N–H and O–H groups in total.